The van der Waals surface area contributed by atoms with E-state index in [0.29, 0.717) is 5.56 Å². The lowest BCUT2D eigenvalue weighted by molar-refractivity contribution is -0.165. The summed E-state index contributed by atoms with van der Waals surface area (Å²) >= 11 is 0. The molecule has 0 saturated heterocycles. The van der Waals surface area contributed by atoms with Crippen LogP contribution < -0.4 is 0 Å². The van der Waals surface area contributed by atoms with E-state index < -0.39 is 12.4 Å². The Morgan fingerprint density at radius 3 is 2.53 bits per heavy atom. The topological polar surface area (TPSA) is 51.6 Å². The van der Waals surface area contributed by atoms with E-state index in [9.17, 15) is 5.11 Å². The summed E-state index contributed by atoms with van der Waals surface area (Å²) in [6, 6.07) is 9.47. The van der Waals surface area contributed by atoms with Crippen LogP contribution in [-0.2, 0) is 9.47 Å². The summed E-state index contributed by atoms with van der Waals surface area (Å²) in [5, 5.41) is 11.2. The molecule has 4 heteroatoms. The maximum Gasteiger partial charge on any atom is 0.187 e. The molecule has 90 valence electrons. The quantitative estimate of drug-likeness (QED) is 0.819. The number of pyridine rings is 1. The van der Waals surface area contributed by atoms with Gasteiger partial charge in [0.2, 0.25) is 0 Å². The summed E-state index contributed by atoms with van der Waals surface area (Å²) in [6.45, 7) is 0. The lowest BCUT2D eigenvalue weighted by Gasteiger charge is -2.21. The minimum absolute atomic E-state index is 0.692. The summed E-state index contributed by atoms with van der Waals surface area (Å²) in [5.74, 6) is 0. The summed E-state index contributed by atoms with van der Waals surface area (Å²) in [4.78, 5) is 4.28. The van der Waals surface area contributed by atoms with Crippen molar-refractivity contribution in [3.63, 3.8) is 0 Å². The van der Waals surface area contributed by atoms with Gasteiger partial charge in [0.1, 0.15) is 6.10 Å². The molecule has 0 aliphatic rings. The number of hydrogen-bond donors (Lipinski definition) is 1. The van der Waals surface area contributed by atoms with Crippen molar-refractivity contribution in [2.75, 3.05) is 14.2 Å². The van der Waals surface area contributed by atoms with Gasteiger partial charge in [-0.05, 0) is 6.07 Å². The molecule has 0 saturated carbocycles. The molecular weight excluding hydrogens is 218 g/mol. The second-order valence-electron chi connectivity index (χ2n) is 3.71. The second kappa shape index (κ2) is 5.23. The van der Waals surface area contributed by atoms with Crippen LogP contribution in [0.1, 0.15) is 11.7 Å². The molecular formula is C13H15NO3. The highest BCUT2D eigenvalue weighted by Gasteiger charge is 2.22. The fraction of sp³-hybridized carbons (Fsp3) is 0.308. The van der Waals surface area contributed by atoms with Crippen molar-refractivity contribution < 1.29 is 14.6 Å². The molecule has 1 heterocycles. The van der Waals surface area contributed by atoms with E-state index in [1.807, 2.05) is 30.3 Å². The van der Waals surface area contributed by atoms with E-state index in [0.717, 1.165) is 10.9 Å². The van der Waals surface area contributed by atoms with Crippen LogP contribution in [0.5, 0.6) is 0 Å². The van der Waals surface area contributed by atoms with Crippen molar-refractivity contribution in [1.29, 1.82) is 0 Å². The molecule has 0 fully saturated rings. The summed E-state index contributed by atoms with van der Waals surface area (Å²) < 4.78 is 10.1. The third kappa shape index (κ3) is 2.29. The number of methoxy groups -OCH3 is 2. The zero-order chi connectivity index (χ0) is 12.3. The highest BCUT2D eigenvalue weighted by molar-refractivity contribution is 5.81. The first-order valence-corrected chi connectivity index (χ1v) is 5.35. The number of aliphatic hydroxyl groups excluding tert-OH is 1. The van der Waals surface area contributed by atoms with Crippen molar-refractivity contribution in [3.8, 4) is 0 Å². The number of nitrogens with zero attached hydrogens (tertiary/aromatic N) is 1. The standard InChI is InChI=1S/C13H15NO3/c1-16-13(17-2)12(15)10-7-3-5-9-6-4-8-14-11(9)10/h3-8,12-13,15H,1-2H3. The summed E-state index contributed by atoms with van der Waals surface area (Å²) in [7, 11) is 2.99. The van der Waals surface area contributed by atoms with Crippen LogP contribution in [0.3, 0.4) is 0 Å². The van der Waals surface area contributed by atoms with Gasteiger partial charge in [-0.25, -0.2) is 0 Å². The fourth-order valence-corrected chi connectivity index (χ4v) is 1.87. The molecule has 0 spiro atoms. The smallest absolute Gasteiger partial charge is 0.187 e. The van der Waals surface area contributed by atoms with E-state index >= 15 is 0 Å². The van der Waals surface area contributed by atoms with Gasteiger partial charge in [-0.15, -0.1) is 0 Å². The van der Waals surface area contributed by atoms with Crippen molar-refractivity contribution in [3.05, 3.63) is 42.1 Å². The Hall–Kier alpha value is -1.49. The van der Waals surface area contributed by atoms with Crippen molar-refractivity contribution >= 4 is 10.9 Å². The first kappa shape index (κ1) is 12.0. The predicted octanol–water partition coefficient (Wildman–Crippen LogP) is 1.89. The SMILES string of the molecule is COC(OC)C(O)c1cccc2cccnc12. The normalized spacial score (nSPS) is 13.2. The molecule has 2 aromatic rings. The van der Waals surface area contributed by atoms with Crippen molar-refractivity contribution in [2.45, 2.75) is 12.4 Å². The van der Waals surface area contributed by atoms with Crippen LogP contribution in [0.25, 0.3) is 10.9 Å². The number of aromatic nitrogens is 1. The number of benzene rings is 1. The number of hydrogen-bond acceptors (Lipinski definition) is 4. The van der Waals surface area contributed by atoms with E-state index in [1.165, 1.54) is 14.2 Å². The molecule has 0 radical (unpaired) electrons. The predicted molar refractivity (Wildman–Crippen MR) is 64.5 cm³/mol. The highest BCUT2D eigenvalue weighted by Crippen LogP contribution is 2.25. The molecule has 0 amide bonds. The van der Waals surface area contributed by atoms with E-state index in [-0.39, 0.29) is 0 Å². The van der Waals surface area contributed by atoms with Crippen LogP contribution >= 0.6 is 0 Å². The molecule has 1 aromatic carbocycles. The Balaban J connectivity index is 2.47. The Morgan fingerprint density at radius 1 is 1.12 bits per heavy atom. The molecule has 1 unspecified atom stereocenters. The average Bonchev–Trinajstić information content (AvgIpc) is 2.39. The van der Waals surface area contributed by atoms with Gasteiger partial charge in [0.15, 0.2) is 6.29 Å². The van der Waals surface area contributed by atoms with Crippen LogP contribution in [0, 0.1) is 0 Å². The van der Waals surface area contributed by atoms with Crippen molar-refractivity contribution in [2.24, 2.45) is 0 Å². The minimum atomic E-state index is -0.858. The summed E-state index contributed by atoms with van der Waals surface area (Å²) in [5.41, 5.74) is 1.47. The van der Waals surface area contributed by atoms with Crippen molar-refractivity contribution in [1.82, 2.24) is 4.98 Å². The van der Waals surface area contributed by atoms with Gasteiger partial charge >= 0.3 is 0 Å². The second-order valence-corrected chi connectivity index (χ2v) is 3.71. The largest absolute Gasteiger partial charge is 0.383 e. The lowest BCUT2D eigenvalue weighted by Crippen LogP contribution is -2.23. The first-order valence-electron chi connectivity index (χ1n) is 5.35. The van der Waals surface area contributed by atoms with Crippen LogP contribution in [0.15, 0.2) is 36.5 Å². The van der Waals surface area contributed by atoms with Crippen LogP contribution in [0.4, 0.5) is 0 Å². The van der Waals surface area contributed by atoms with Gasteiger partial charge in [-0.3, -0.25) is 4.98 Å². The Morgan fingerprint density at radius 2 is 1.82 bits per heavy atom. The highest BCUT2D eigenvalue weighted by atomic mass is 16.7. The maximum atomic E-state index is 10.2. The molecule has 1 N–H and O–H groups in total. The summed E-state index contributed by atoms with van der Waals surface area (Å²) in [6.07, 6.45) is 0.152. The maximum absolute atomic E-state index is 10.2. The minimum Gasteiger partial charge on any atom is -0.383 e. The zero-order valence-electron chi connectivity index (χ0n) is 9.83. The lowest BCUT2D eigenvalue weighted by atomic mass is 10.0. The van der Waals surface area contributed by atoms with E-state index in [2.05, 4.69) is 4.98 Å². The first-order chi connectivity index (χ1) is 8.27. The number of rotatable bonds is 4. The molecule has 1 aromatic heterocycles. The van der Waals surface area contributed by atoms with Gasteiger partial charge in [-0.2, -0.15) is 0 Å². The number of aliphatic hydroxyl groups is 1. The molecule has 0 bridgehead atoms. The van der Waals surface area contributed by atoms with Gasteiger partial charge in [0.05, 0.1) is 5.52 Å². The van der Waals surface area contributed by atoms with Gasteiger partial charge < -0.3 is 14.6 Å². The van der Waals surface area contributed by atoms with Gasteiger partial charge in [-0.1, -0.05) is 24.3 Å². The molecule has 2 rings (SSSR count). The van der Waals surface area contributed by atoms with Crippen LogP contribution in [-0.4, -0.2) is 30.6 Å². The van der Waals surface area contributed by atoms with E-state index in [4.69, 9.17) is 9.47 Å². The number of ether oxygens (including phenoxy) is 2. The third-order valence-electron chi connectivity index (χ3n) is 2.70. The van der Waals surface area contributed by atoms with Gasteiger partial charge in [0, 0.05) is 31.4 Å². The zero-order valence-corrected chi connectivity index (χ0v) is 9.83. The third-order valence-corrected chi connectivity index (χ3v) is 2.70. The molecule has 0 aliphatic heterocycles. The Labute approximate surface area is 99.8 Å². The Bertz CT molecular complexity index is 491. The van der Waals surface area contributed by atoms with Crippen LogP contribution in [0.2, 0.25) is 0 Å². The van der Waals surface area contributed by atoms with E-state index in [1.54, 1.807) is 6.20 Å². The fourth-order valence-electron chi connectivity index (χ4n) is 1.87. The molecule has 4 nitrogen and oxygen atoms in total. The average molecular weight is 233 g/mol. The number of para-hydroxylation sites is 1. The number of fused-ring (bicyclic) bond motifs is 1. The Kier molecular flexibility index (Phi) is 3.68. The monoisotopic (exact) mass is 233 g/mol. The molecule has 17 heavy (non-hydrogen) atoms. The molecule has 1 atom stereocenters. The molecule has 0 aliphatic carbocycles. The van der Waals surface area contributed by atoms with Gasteiger partial charge in [0.25, 0.3) is 0 Å².